The summed E-state index contributed by atoms with van der Waals surface area (Å²) >= 11 is 0. The highest BCUT2D eigenvalue weighted by Crippen LogP contribution is 2.61. The van der Waals surface area contributed by atoms with Gasteiger partial charge in [0.25, 0.3) is 0 Å². The number of alkyl halides is 3. The largest absolute Gasteiger partial charge is 0.416 e. The second kappa shape index (κ2) is 5.93. The fourth-order valence-corrected chi connectivity index (χ4v) is 5.62. The Morgan fingerprint density at radius 3 is 2.29 bits per heavy atom. The number of hydrogen-bond acceptors (Lipinski definition) is 2. The molecule has 2 saturated carbocycles. The summed E-state index contributed by atoms with van der Waals surface area (Å²) in [6.07, 6.45) is -2.83. The van der Waals surface area contributed by atoms with E-state index in [4.69, 9.17) is 0 Å². The van der Waals surface area contributed by atoms with E-state index in [1.807, 2.05) is 30.3 Å². The van der Waals surface area contributed by atoms with Crippen molar-refractivity contribution < 1.29 is 22.8 Å². The van der Waals surface area contributed by atoms with Gasteiger partial charge in [0.1, 0.15) is 0 Å². The summed E-state index contributed by atoms with van der Waals surface area (Å²) < 4.78 is 39.2. The van der Waals surface area contributed by atoms with E-state index in [1.165, 1.54) is 17.7 Å². The number of benzene rings is 2. The molecule has 2 bridgehead atoms. The van der Waals surface area contributed by atoms with E-state index >= 15 is 0 Å². The maximum Gasteiger partial charge on any atom is 0.416 e. The maximum atomic E-state index is 13.1. The average molecular weight is 385 g/mol. The van der Waals surface area contributed by atoms with Crippen LogP contribution in [0.3, 0.4) is 0 Å². The summed E-state index contributed by atoms with van der Waals surface area (Å²) in [6.45, 7) is 0. The Hall–Kier alpha value is -2.63. The van der Waals surface area contributed by atoms with Crippen LogP contribution in [-0.4, -0.2) is 11.8 Å². The smallest absolute Gasteiger partial charge is 0.274 e. The Balaban J connectivity index is 1.48. The van der Waals surface area contributed by atoms with Gasteiger partial charge in [-0.05, 0) is 54.4 Å². The summed E-state index contributed by atoms with van der Waals surface area (Å²) in [4.78, 5) is 27.2. The summed E-state index contributed by atoms with van der Waals surface area (Å²) in [6, 6.07) is 14.5. The molecular weight excluding hydrogens is 367 g/mol. The van der Waals surface area contributed by atoms with Gasteiger partial charge in [0.05, 0.1) is 23.1 Å². The Morgan fingerprint density at radius 1 is 0.857 bits per heavy atom. The number of nitrogens with zero attached hydrogens (tertiary/aromatic N) is 1. The third-order valence-corrected chi connectivity index (χ3v) is 6.67. The molecule has 3 aliphatic rings. The van der Waals surface area contributed by atoms with Gasteiger partial charge in [-0.25, -0.2) is 0 Å². The van der Waals surface area contributed by atoms with Crippen molar-refractivity contribution in [2.45, 2.75) is 24.9 Å². The zero-order valence-electron chi connectivity index (χ0n) is 14.9. The van der Waals surface area contributed by atoms with Crippen LogP contribution >= 0.6 is 0 Å². The lowest BCUT2D eigenvalue weighted by Gasteiger charge is -2.28. The minimum atomic E-state index is -4.52. The molecule has 6 heteroatoms. The van der Waals surface area contributed by atoms with Gasteiger partial charge in [-0.3, -0.25) is 14.5 Å². The highest BCUT2D eigenvalue weighted by molar-refractivity contribution is 6.22. The molecule has 0 N–H and O–H groups in total. The van der Waals surface area contributed by atoms with E-state index in [0.29, 0.717) is 0 Å². The monoisotopic (exact) mass is 385 g/mol. The molecule has 1 heterocycles. The lowest BCUT2D eigenvalue weighted by atomic mass is 9.73. The Labute approximate surface area is 160 Å². The number of halogens is 3. The molecule has 144 valence electrons. The van der Waals surface area contributed by atoms with Crippen molar-refractivity contribution in [1.29, 1.82) is 0 Å². The molecule has 2 amide bonds. The van der Waals surface area contributed by atoms with Crippen LogP contribution in [0.15, 0.2) is 54.6 Å². The number of carbonyl (C=O) groups excluding carboxylic acids is 2. The van der Waals surface area contributed by atoms with Gasteiger partial charge in [-0.1, -0.05) is 36.4 Å². The van der Waals surface area contributed by atoms with Gasteiger partial charge < -0.3 is 0 Å². The van der Waals surface area contributed by atoms with Crippen molar-refractivity contribution in [3.8, 4) is 0 Å². The molecule has 0 aromatic heterocycles. The predicted molar refractivity (Wildman–Crippen MR) is 96.3 cm³/mol. The van der Waals surface area contributed by atoms with Crippen LogP contribution in [0.2, 0.25) is 0 Å². The first-order valence-electron chi connectivity index (χ1n) is 9.46. The fourth-order valence-electron chi connectivity index (χ4n) is 5.62. The van der Waals surface area contributed by atoms with Crippen LogP contribution in [-0.2, 0) is 15.8 Å². The van der Waals surface area contributed by atoms with Crippen molar-refractivity contribution in [2.24, 2.45) is 23.7 Å². The molecule has 28 heavy (non-hydrogen) atoms. The van der Waals surface area contributed by atoms with Crippen LogP contribution < -0.4 is 4.90 Å². The minimum absolute atomic E-state index is 0.0230. The number of hydrogen-bond donors (Lipinski definition) is 0. The molecule has 1 aliphatic heterocycles. The molecule has 0 unspecified atom stereocenters. The standard InChI is InChI=1S/C22H18F3NO2/c23-22(24,25)14-7-4-8-15(11-14)26-20(27)18-13-9-16(12-5-2-1-3-6-12)17(10-13)19(18)21(26)28/h1-8,11,13,16-19H,9-10H2/t13-,16+,17-,18-,19+/m0/s1. The van der Waals surface area contributed by atoms with Crippen molar-refractivity contribution >= 4 is 17.5 Å². The minimum Gasteiger partial charge on any atom is -0.274 e. The molecule has 2 aromatic rings. The zero-order chi connectivity index (χ0) is 19.6. The molecule has 1 saturated heterocycles. The first-order valence-corrected chi connectivity index (χ1v) is 9.46. The molecule has 3 fully saturated rings. The maximum absolute atomic E-state index is 13.1. The van der Waals surface area contributed by atoms with Crippen molar-refractivity contribution in [3.63, 3.8) is 0 Å². The topological polar surface area (TPSA) is 37.4 Å². The van der Waals surface area contributed by atoms with Crippen LogP contribution in [0.1, 0.15) is 29.9 Å². The molecule has 3 nitrogen and oxygen atoms in total. The molecular formula is C22H18F3NO2. The number of amides is 2. The second-order valence-electron chi connectivity index (χ2n) is 8.02. The van der Waals surface area contributed by atoms with Gasteiger partial charge >= 0.3 is 6.18 Å². The third kappa shape index (κ3) is 2.43. The lowest BCUT2D eigenvalue weighted by molar-refractivity contribution is -0.137. The number of fused-ring (bicyclic) bond motifs is 5. The molecule has 0 radical (unpaired) electrons. The van der Waals surface area contributed by atoms with Crippen LogP contribution in [0.4, 0.5) is 18.9 Å². The highest BCUT2D eigenvalue weighted by Gasteiger charge is 2.64. The van der Waals surface area contributed by atoms with E-state index in [1.54, 1.807) is 0 Å². The summed E-state index contributed by atoms with van der Waals surface area (Å²) in [5.41, 5.74) is 0.342. The normalized spacial score (nSPS) is 31.5. The summed E-state index contributed by atoms with van der Waals surface area (Å²) in [5.74, 6) is -1.09. The third-order valence-electron chi connectivity index (χ3n) is 6.67. The van der Waals surface area contributed by atoms with Crippen molar-refractivity contribution in [3.05, 3.63) is 65.7 Å². The van der Waals surface area contributed by atoms with E-state index in [2.05, 4.69) is 0 Å². The average Bonchev–Trinajstić information content (AvgIpc) is 3.33. The molecule has 2 aromatic carbocycles. The van der Waals surface area contributed by atoms with Crippen LogP contribution in [0.5, 0.6) is 0 Å². The number of imide groups is 1. The number of carbonyl (C=O) groups is 2. The van der Waals surface area contributed by atoms with Crippen molar-refractivity contribution in [1.82, 2.24) is 0 Å². The highest BCUT2D eigenvalue weighted by atomic mass is 19.4. The van der Waals surface area contributed by atoms with E-state index in [0.717, 1.165) is 29.9 Å². The quantitative estimate of drug-likeness (QED) is 0.707. The second-order valence-corrected chi connectivity index (χ2v) is 8.02. The van der Waals surface area contributed by atoms with E-state index in [-0.39, 0.29) is 35.3 Å². The number of anilines is 1. The molecule has 2 aliphatic carbocycles. The van der Waals surface area contributed by atoms with Crippen molar-refractivity contribution in [2.75, 3.05) is 4.90 Å². The van der Waals surface area contributed by atoms with Crippen LogP contribution in [0.25, 0.3) is 0 Å². The molecule has 5 atom stereocenters. The Morgan fingerprint density at radius 2 is 1.57 bits per heavy atom. The summed E-state index contributed by atoms with van der Waals surface area (Å²) in [5, 5.41) is 0. The summed E-state index contributed by atoms with van der Waals surface area (Å²) in [7, 11) is 0. The van der Waals surface area contributed by atoms with E-state index < -0.39 is 23.6 Å². The van der Waals surface area contributed by atoms with E-state index in [9.17, 15) is 22.8 Å². The van der Waals surface area contributed by atoms with Gasteiger partial charge in [0, 0.05) is 0 Å². The Bertz CT molecular complexity index is 956. The van der Waals surface area contributed by atoms with Gasteiger partial charge in [-0.15, -0.1) is 0 Å². The number of rotatable bonds is 2. The predicted octanol–water partition coefficient (Wildman–Crippen LogP) is 4.63. The Kier molecular flexibility index (Phi) is 3.70. The van der Waals surface area contributed by atoms with Crippen LogP contribution in [0, 0.1) is 23.7 Å². The zero-order valence-corrected chi connectivity index (χ0v) is 14.9. The molecule has 5 rings (SSSR count). The molecule has 0 spiro atoms. The first kappa shape index (κ1) is 17.5. The van der Waals surface area contributed by atoms with Gasteiger partial charge in [-0.2, -0.15) is 13.2 Å². The van der Waals surface area contributed by atoms with Gasteiger partial charge in [0.2, 0.25) is 11.8 Å². The first-order chi connectivity index (χ1) is 13.4. The lowest BCUT2D eigenvalue weighted by Crippen LogP contribution is -2.33. The fraction of sp³-hybridized carbons (Fsp3) is 0.364. The SMILES string of the molecule is O=C1[C@@H]2[C@H]3C[C@H](C[C@@H]3c3ccccc3)[C@@H]2C(=O)N1c1cccc(C(F)(F)F)c1. The van der Waals surface area contributed by atoms with Gasteiger partial charge in [0.15, 0.2) is 0 Å².